The first-order chi connectivity index (χ1) is 7.86. The van der Waals surface area contributed by atoms with Crippen LogP contribution in [0, 0.1) is 5.92 Å². The molecule has 2 atom stereocenters. The molecular formula is C15H21N. The van der Waals surface area contributed by atoms with Gasteiger partial charge in [-0.1, -0.05) is 42.5 Å². The normalized spacial score (nSPS) is 21.9. The van der Waals surface area contributed by atoms with Gasteiger partial charge >= 0.3 is 0 Å². The van der Waals surface area contributed by atoms with Crippen LogP contribution in [0.3, 0.4) is 0 Å². The van der Waals surface area contributed by atoms with Crippen LogP contribution in [0.2, 0.25) is 0 Å². The van der Waals surface area contributed by atoms with E-state index < -0.39 is 0 Å². The van der Waals surface area contributed by atoms with E-state index in [-0.39, 0.29) is 0 Å². The summed E-state index contributed by atoms with van der Waals surface area (Å²) < 4.78 is 0. The van der Waals surface area contributed by atoms with Gasteiger partial charge in [-0.15, -0.1) is 0 Å². The summed E-state index contributed by atoms with van der Waals surface area (Å²) in [6.07, 6.45) is 8.46. The lowest BCUT2D eigenvalue weighted by molar-refractivity contribution is 0.415. The quantitative estimate of drug-likeness (QED) is 0.755. The molecule has 0 fully saturated rings. The first-order valence-electron chi connectivity index (χ1n) is 6.29. The highest BCUT2D eigenvalue weighted by Gasteiger charge is 2.11. The van der Waals surface area contributed by atoms with E-state index in [0.29, 0.717) is 6.04 Å². The van der Waals surface area contributed by atoms with Crippen LogP contribution in [0.1, 0.15) is 37.8 Å². The highest BCUT2D eigenvalue weighted by atomic mass is 14.9. The number of allylic oxidation sites excluding steroid dienone is 2. The average molecular weight is 215 g/mol. The number of benzene rings is 1. The molecule has 0 radical (unpaired) electrons. The molecular weight excluding hydrogens is 194 g/mol. The topological polar surface area (TPSA) is 12.0 Å². The molecule has 0 spiro atoms. The third kappa shape index (κ3) is 3.21. The minimum absolute atomic E-state index is 0.465. The summed E-state index contributed by atoms with van der Waals surface area (Å²) in [4.78, 5) is 0. The molecule has 2 rings (SSSR count). The lowest BCUT2D eigenvalue weighted by atomic mass is 9.94. The lowest BCUT2D eigenvalue weighted by Gasteiger charge is -2.21. The van der Waals surface area contributed by atoms with Crippen LogP contribution in [0.15, 0.2) is 42.5 Å². The molecule has 0 unspecified atom stereocenters. The number of nitrogens with one attached hydrogen (secondary N) is 1. The predicted octanol–water partition coefficient (Wildman–Crippen LogP) is 3.69. The summed E-state index contributed by atoms with van der Waals surface area (Å²) >= 11 is 0. The first kappa shape index (κ1) is 11.4. The third-order valence-corrected chi connectivity index (χ3v) is 3.39. The highest BCUT2D eigenvalue weighted by molar-refractivity contribution is 5.18. The Labute approximate surface area is 98.6 Å². The molecule has 1 nitrogen and oxygen atoms in total. The molecule has 0 bridgehead atoms. The van der Waals surface area contributed by atoms with Gasteiger partial charge in [-0.3, -0.25) is 0 Å². The van der Waals surface area contributed by atoms with Crippen LogP contribution in [0.25, 0.3) is 0 Å². The zero-order valence-corrected chi connectivity index (χ0v) is 10.0. The maximum Gasteiger partial charge on any atom is 0.0291 e. The Kier molecular flexibility index (Phi) is 4.17. The summed E-state index contributed by atoms with van der Waals surface area (Å²) in [5.41, 5.74) is 1.38. The second kappa shape index (κ2) is 5.86. The average Bonchev–Trinajstić information content (AvgIpc) is 2.38. The third-order valence-electron chi connectivity index (χ3n) is 3.39. The van der Waals surface area contributed by atoms with E-state index in [4.69, 9.17) is 0 Å². The summed E-state index contributed by atoms with van der Waals surface area (Å²) in [5.74, 6) is 0.830. The van der Waals surface area contributed by atoms with Gasteiger partial charge in [0.05, 0.1) is 0 Å². The maximum absolute atomic E-state index is 3.63. The molecule has 1 aliphatic carbocycles. The molecule has 0 amide bonds. The molecule has 0 aliphatic heterocycles. The van der Waals surface area contributed by atoms with Crippen molar-refractivity contribution in [3.63, 3.8) is 0 Å². The van der Waals surface area contributed by atoms with E-state index in [2.05, 4.69) is 54.7 Å². The molecule has 16 heavy (non-hydrogen) atoms. The molecule has 1 N–H and O–H groups in total. The molecule has 1 aromatic rings. The van der Waals surface area contributed by atoms with Gasteiger partial charge in [0.25, 0.3) is 0 Å². The Balaban J connectivity index is 1.79. The summed E-state index contributed by atoms with van der Waals surface area (Å²) in [6.45, 7) is 3.38. The minimum Gasteiger partial charge on any atom is -0.310 e. The van der Waals surface area contributed by atoms with Crippen LogP contribution < -0.4 is 5.32 Å². The second-order valence-electron chi connectivity index (χ2n) is 4.69. The molecule has 1 aromatic carbocycles. The van der Waals surface area contributed by atoms with Gasteiger partial charge in [-0.2, -0.15) is 0 Å². The Hall–Kier alpha value is -1.08. The predicted molar refractivity (Wildman–Crippen MR) is 69.3 cm³/mol. The van der Waals surface area contributed by atoms with Crippen molar-refractivity contribution in [3.05, 3.63) is 48.0 Å². The maximum atomic E-state index is 3.63. The van der Waals surface area contributed by atoms with Crippen molar-refractivity contribution in [2.75, 3.05) is 6.54 Å². The number of hydrogen-bond acceptors (Lipinski definition) is 1. The van der Waals surface area contributed by atoms with Crippen molar-refractivity contribution in [3.8, 4) is 0 Å². The van der Waals surface area contributed by atoms with Gasteiger partial charge < -0.3 is 5.32 Å². The fourth-order valence-electron chi connectivity index (χ4n) is 2.24. The number of rotatable bonds is 4. The van der Waals surface area contributed by atoms with Gasteiger partial charge in [0.2, 0.25) is 0 Å². The van der Waals surface area contributed by atoms with Crippen molar-refractivity contribution in [2.24, 2.45) is 5.92 Å². The fourth-order valence-corrected chi connectivity index (χ4v) is 2.24. The van der Waals surface area contributed by atoms with Crippen molar-refractivity contribution in [1.82, 2.24) is 5.32 Å². The minimum atomic E-state index is 0.465. The molecule has 86 valence electrons. The Morgan fingerprint density at radius 3 is 2.75 bits per heavy atom. The summed E-state index contributed by atoms with van der Waals surface area (Å²) in [7, 11) is 0. The lowest BCUT2D eigenvalue weighted by Crippen LogP contribution is -2.26. The van der Waals surface area contributed by atoms with Crippen molar-refractivity contribution >= 4 is 0 Å². The van der Waals surface area contributed by atoms with E-state index in [9.17, 15) is 0 Å². The van der Waals surface area contributed by atoms with Crippen molar-refractivity contribution in [2.45, 2.75) is 32.2 Å². The van der Waals surface area contributed by atoms with Crippen LogP contribution in [0.5, 0.6) is 0 Å². The van der Waals surface area contributed by atoms with Gasteiger partial charge in [0, 0.05) is 6.04 Å². The second-order valence-corrected chi connectivity index (χ2v) is 4.69. The number of hydrogen-bond donors (Lipinski definition) is 1. The molecule has 1 aliphatic rings. The van der Waals surface area contributed by atoms with Crippen LogP contribution in [-0.4, -0.2) is 6.54 Å². The van der Waals surface area contributed by atoms with E-state index in [1.54, 1.807) is 0 Å². The van der Waals surface area contributed by atoms with Gasteiger partial charge in [0.15, 0.2) is 0 Å². The smallest absolute Gasteiger partial charge is 0.0291 e. The zero-order valence-electron chi connectivity index (χ0n) is 10.0. The van der Waals surface area contributed by atoms with E-state index in [0.717, 1.165) is 12.5 Å². The molecule has 0 aromatic heterocycles. The first-order valence-corrected chi connectivity index (χ1v) is 6.29. The van der Waals surface area contributed by atoms with Gasteiger partial charge in [0.1, 0.15) is 0 Å². The van der Waals surface area contributed by atoms with Crippen molar-refractivity contribution in [1.29, 1.82) is 0 Å². The Morgan fingerprint density at radius 1 is 1.25 bits per heavy atom. The van der Waals surface area contributed by atoms with E-state index >= 15 is 0 Å². The Morgan fingerprint density at radius 2 is 2.06 bits per heavy atom. The van der Waals surface area contributed by atoms with E-state index in [1.807, 2.05) is 0 Å². The van der Waals surface area contributed by atoms with E-state index in [1.165, 1.54) is 24.8 Å². The largest absolute Gasteiger partial charge is 0.310 e. The van der Waals surface area contributed by atoms with Crippen LogP contribution in [0.4, 0.5) is 0 Å². The molecule has 1 heteroatoms. The Bertz CT molecular complexity index is 329. The van der Waals surface area contributed by atoms with Gasteiger partial charge in [-0.05, 0) is 44.2 Å². The van der Waals surface area contributed by atoms with Crippen LogP contribution in [-0.2, 0) is 0 Å². The van der Waals surface area contributed by atoms with Crippen molar-refractivity contribution < 1.29 is 0 Å². The zero-order chi connectivity index (χ0) is 11.2. The molecule has 0 saturated heterocycles. The summed E-state index contributed by atoms with van der Waals surface area (Å²) in [6, 6.07) is 11.1. The van der Waals surface area contributed by atoms with Crippen LogP contribution >= 0.6 is 0 Å². The SMILES string of the molecule is C[C@H](NC[C@H]1CC=CCC1)c1ccccc1. The molecule has 0 saturated carbocycles. The molecule has 0 heterocycles. The van der Waals surface area contributed by atoms with Gasteiger partial charge in [-0.25, -0.2) is 0 Å². The highest BCUT2D eigenvalue weighted by Crippen LogP contribution is 2.19. The standard InChI is InChI=1S/C15H21N/c1-13(15-10-6-3-7-11-15)16-12-14-8-4-2-5-9-14/h2-4,6-7,10-11,13-14,16H,5,8-9,12H2,1H3/t13-,14-/m0/s1. The monoisotopic (exact) mass is 215 g/mol. The summed E-state index contributed by atoms with van der Waals surface area (Å²) in [5, 5.41) is 3.63. The fraction of sp³-hybridized carbons (Fsp3) is 0.467.